The molecular weight excluding hydrogens is 340 g/mol. The summed E-state index contributed by atoms with van der Waals surface area (Å²) in [6.07, 6.45) is -0.147. The van der Waals surface area contributed by atoms with Gasteiger partial charge in [-0.1, -0.05) is 38.1 Å². The van der Waals surface area contributed by atoms with Gasteiger partial charge in [0.15, 0.2) is 0 Å². The Bertz CT molecular complexity index is 911. The van der Waals surface area contributed by atoms with Crippen molar-refractivity contribution in [3.63, 3.8) is 0 Å². The van der Waals surface area contributed by atoms with E-state index in [1.807, 2.05) is 54.8 Å². The topological polar surface area (TPSA) is 53.4 Å². The Morgan fingerprint density at radius 1 is 1.04 bits per heavy atom. The van der Waals surface area contributed by atoms with Crippen LogP contribution in [-0.2, 0) is 22.7 Å². The molecule has 0 amide bonds. The number of hydrogen-bond acceptors (Lipinski definition) is 4. The van der Waals surface area contributed by atoms with E-state index in [4.69, 9.17) is 9.47 Å². The summed E-state index contributed by atoms with van der Waals surface area (Å²) >= 11 is 0. The molecule has 0 radical (unpaired) electrons. The van der Waals surface area contributed by atoms with Gasteiger partial charge in [0, 0.05) is 0 Å². The fraction of sp³-hybridized carbons (Fsp3) is 0.364. The molecule has 5 heteroatoms. The molecule has 0 bridgehead atoms. The first-order chi connectivity index (χ1) is 12.9. The Balaban J connectivity index is 1.80. The lowest BCUT2D eigenvalue weighted by Crippen LogP contribution is -2.19. The first-order valence-electron chi connectivity index (χ1n) is 9.30. The van der Waals surface area contributed by atoms with E-state index in [-0.39, 0.29) is 25.2 Å². The Hall–Kier alpha value is -2.82. The van der Waals surface area contributed by atoms with E-state index in [2.05, 4.69) is 31.0 Å². The highest BCUT2D eigenvalue weighted by Crippen LogP contribution is 2.21. The summed E-state index contributed by atoms with van der Waals surface area (Å²) in [5.74, 6) is 1.68. The molecule has 0 saturated carbocycles. The number of hydrogen-bond donors (Lipinski definition) is 0. The standard InChI is InChI=1S/C22H26N2O3/c1-15(2)17-9-11-18(12-10-17)26-14-21-23-19-7-5-6-8-20(19)24(21)13-22(25)27-16(3)4/h5-12,15-16H,13-14H2,1-4H3. The molecule has 0 aliphatic carbocycles. The van der Waals surface area contributed by atoms with Gasteiger partial charge in [0.25, 0.3) is 0 Å². The molecule has 0 unspecified atom stereocenters. The number of aromatic nitrogens is 2. The maximum absolute atomic E-state index is 12.2. The lowest BCUT2D eigenvalue weighted by Gasteiger charge is -2.12. The molecule has 1 aromatic heterocycles. The van der Waals surface area contributed by atoms with Crippen molar-refractivity contribution in [2.75, 3.05) is 0 Å². The van der Waals surface area contributed by atoms with E-state index >= 15 is 0 Å². The maximum Gasteiger partial charge on any atom is 0.326 e. The van der Waals surface area contributed by atoms with Crippen LogP contribution in [0.3, 0.4) is 0 Å². The molecule has 0 N–H and O–H groups in total. The van der Waals surface area contributed by atoms with E-state index < -0.39 is 0 Å². The normalized spacial score (nSPS) is 11.3. The van der Waals surface area contributed by atoms with Crippen LogP contribution in [-0.4, -0.2) is 21.6 Å². The predicted octanol–water partition coefficient (Wildman–Crippen LogP) is 4.69. The zero-order valence-electron chi connectivity index (χ0n) is 16.3. The van der Waals surface area contributed by atoms with E-state index in [1.54, 1.807) is 0 Å². The number of carbonyl (C=O) groups is 1. The molecule has 3 aromatic rings. The van der Waals surface area contributed by atoms with Gasteiger partial charge in [-0.2, -0.15) is 0 Å². The smallest absolute Gasteiger partial charge is 0.326 e. The van der Waals surface area contributed by atoms with Crippen LogP contribution in [0.2, 0.25) is 0 Å². The van der Waals surface area contributed by atoms with Crippen LogP contribution < -0.4 is 4.74 Å². The molecule has 0 atom stereocenters. The molecule has 0 saturated heterocycles. The van der Waals surface area contributed by atoms with E-state index in [0.29, 0.717) is 11.7 Å². The van der Waals surface area contributed by atoms with Gasteiger partial charge in [0.05, 0.1) is 17.1 Å². The summed E-state index contributed by atoms with van der Waals surface area (Å²) in [6, 6.07) is 15.8. The second kappa shape index (κ2) is 8.25. The third-order valence-corrected chi connectivity index (χ3v) is 4.30. The molecule has 0 fully saturated rings. The lowest BCUT2D eigenvalue weighted by atomic mass is 10.0. The Labute approximate surface area is 159 Å². The van der Waals surface area contributed by atoms with Crippen LogP contribution in [0.5, 0.6) is 5.75 Å². The van der Waals surface area contributed by atoms with Gasteiger partial charge in [-0.05, 0) is 49.6 Å². The second-order valence-electron chi connectivity index (χ2n) is 7.15. The average molecular weight is 366 g/mol. The molecule has 0 aliphatic rings. The van der Waals surface area contributed by atoms with E-state index in [0.717, 1.165) is 16.8 Å². The van der Waals surface area contributed by atoms with Crippen molar-refractivity contribution in [1.29, 1.82) is 0 Å². The summed E-state index contributed by atoms with van der Waals surface area (Å²) in [6.45, 7) is 8.40. The molecule has 0 aliphatic heterocycles. The number of ether oxygens (including phenoxy) is 2. The monoisotopic (exact) mass is 366 g/mol. The SMILES string of the molecule is CC(C)OC(=O)Cn1c(COc2ccc(C(C)C)cc2)nc2ccccc21. The third kappa shape index (κ3) is 4.67. The van der Waals surface area contributed by atoms with Crippen molar-refractivity contribution in [3.8, 4) is 5.75 Å². The molecule has 3 rings (SSSR count). The fourth-order valence-corrected chi connectivity index (χ4v) is 2.94. The molecule has 5 nitrogen and oxygen atoms in total. The third-order valence-electron chi connectivity index (χ3n) is 4.30. The first kappa shape index (κ1) is 19.0. The van der Waals surface area contributed by atoms with Gasteiger partial charge in [0.2, 0.25) is 0 Å². The van der Waals surface area contributed by atoms with E-state index in [9.17, 15) is 4.79 Å². The summed E-state index contributed by atoms with van der Waals surface area (Å²) in [5.41, 5.74) is 3.00. The van der Waals surface area contributed by atoms with Gasteiger partial charge in [-0.3, -0.25) is 4.79 Å². The van der Waals surface area contributed by atoms with Gasteiger partial charge in [-0.15, -0.1) is 0 Å². The minimum Gasteiger partial charge on any atom is -0.486 e. The minimum absolute atomic E-state index is 0.115. The highest BCUT2D eigenvalue weighted by Gasteiger charge is 2.15. The van der Waals surface area contributed by atoms with Gasteiger partial charge in [0.1, 0.15) is 24.7 Å². The molecule has 2 aromatic carbocycles. The number of carbonyl (C=O) groups excluding carboxylic acids is 1. The number of nitrogens with zero attached hydrogens (tertiary/aromatic N) is 2. The number of rotatable bonds is 7. The van der Waals surface area contributed by atoms with Gasteiger partial charge >= 0.3 is 5.97 Å². The number of para-hydroxylation sites is 2. The molecule has 142 valence electrons. The quantitative estimate of drug-likeness (QED) is 0.569. The van der Waals surface area contributed by atoms with Gasteiger partial charge in [-0.25, -0.2) is 4.98 Å². The predicted molar refractivity (Wildman–Crippen MR) is 106 cm³/mol. The van der Waals surface area contributed by atoms with Crippen molar-refractivity contribution < 1.29 is 14.3 Å². The van der Waals surface area contributed by atoms with Crippen LogP contribution in [0.25, 0.3) is 11.0 Å². The number of imidazole rings is 1. The molecule has 0 spiro atoms. The molecular formula is C22H26N2O3. The number of benzene rings is 2. The zero-order chi connectivity index (χ0) is 19.4. The van der Waals surface area contributed by atoms with Crippen LogP contribution in [0, 0.1) is 0 Å². The van der Waals surface area contributed by atoms with Crippen molar-refractivity contribution in [2.24, 2.45) is 0 Å². The Morgan fingerprint density at radius 3 is 2.41 bits per heavy atom. The van der Waals surface area contributed by atoms with Gasteiger partial charge < -0.3 is 14.0 Å². The van der Waals surface area contributed by atoms with E-state index in [1.165, 1.54) is 5.56 Å². The largest absolute Gasteiger partial charge is 0.486 e. The highest BCUT2D eigenvalue weighted by molar-refractivity contribution is 5.79. The summed E-state index contributed by atoms with van der Waals surface area (Å²) in [7, 11) is 0. The number of fused-ring (bicyclic) bond motifs is 1. The maximum atomic E-state index is 12.2. The van der Waals surface area contributed by atoms with Crippen LogP contribution >= 0.6 is 0 Å². The van der Waals surface area contributed by atoms with Crippen LogP contribution in [0.1, 0.15) is 45.0 Å². The summed E-state index contributed by atoms with van der Waals surface area (Å²) in [5, 5.41) is 0. The fourth-order valence-electron chi connectivity index (χ4n) is 2.94. The van der Waals surface area contributed by atoms with Crippen LogP contribution in [0.15, 0.2) is 48.5 Å². The van der Waals surface area contributed by atoms with Crippen molar-refractivity contribution >= 4 is 17.0 Å². The highest BCUT2D eigenvalue weighted by atomic mass is 16.5. The summed E-state index contributed by atoms with van der Waals surface area (Å²) in [4.78, 5) is 16.8. The Morgan fingerprint density at radius 2 is 1.74 bits per heavy atom. The lowest BCUT2D eigenvalue weighted by molar-refractivity contribution is -0.148. The summed E-state index contributed by atoms with van der Waals surface area (Å²) < 4.78 is 13.1. The van der Waals surface area contributed by atoms with Crippen molar-refractivity contribution in [1.82, 2.24) is 9.55 Å². The average Bonchev–Trinajstić information content (AvgIpc) is 2.97. The second-order valence-corrected chi connectivity index (χ2v) is 7.15. The first-order valence-corrected chi connectivity index (χ1v) is 9.30. The molecule has 1 heterocycles. The minimum atomic E-state index is -0.282. The van der Waals surface area contributed by atoms with Crippen molar-refractivity contribution in [3.05, 3.63) is 59.9 Å². The van der Waals surface area contributed by atoms with Crippen molar-refractivity contribution in [2.45, 2.75) is 52.9 Å². The van der Waals surface area contributed by atoms with Crippen LogP contribution in [0.4, 0.5) is 0 Å². The zero-order valence-corrected chi connectivity index (χ0v) is 16.3. The Kier molecular flexibility index (Phi) is 5.79. The number of esters is 1. The molecule has 27 heavy (non-hydrogen) atoms.